The number of nitrogens with zero attached hydrogens (tertiary/aromatic N) is 5. The molecule has 2 N–H and O–H groups in total. The van der Waals surface area contributed by atoms with Gasteiger partial charge in [-0.3, -0.25) is 19.4 Å². The van der Waals surface area contributed by atoms with E-state index in [1.807, 2.05) is 0 Å². The molecule has 9 heteroatoms. The minimum atomic E-state index is -0.245. The molecule has 0 bridgehead atoms. The van der Waals surface area contributed by atoms with E-state index in [2.05, 4.69) is 10.1 Å². The fraction of sp³-hybridized carbons (Fsp3) is 0.353. The molecule has 1 saturated heterocycles. The summed E-state index contributed by atoms with van der Waals surface area (Å²) in [6.07, 6.45) is 2.96. The third kappa shape index (κ3) is 3.56. The SMILES string of the molecule is CCn1nc(C(=O)N2CCN(C(=O)c3cncc(N)c3)CC2)ccc1=O. The number of aryl methyl sites for hydroxylation is 1. The summed E-state index contributed by atoms with van der Waals surface area (Å²) in [7, 11) is 0. The van der Waals surface area contributed by atoms with Crippen LogP contribution in [0.4, 0.5) is 5.69 Å². The van der Waals surface area contributed by atoms with Gasteiger partial charge in [-0.25, -0.2) is 4.68 Å². The standard InChI is InChI=1S/C17H20N6O3/c1-2-23-15(24)4-3-14(20-23)17(26)22-7-5-21(6-8-22)16(25)12-9-13(18)11-19-10-12/h3-4,9-11H,2,5-8,18H2,1H3. The summed E-state index contributed by atoms with van der Waals surface area (Å²) >= 11 is 0. The van der Waals surface area contributed by atoms with Crippen LogP contribution in [-0.2, 0) is 6.54 Å². The fourth-order valence-electron chi connectivity index (χ4n) is 2.82. The first-order valence-electron chi connectivity index (χ1n) is 8.37. The zero-order valence-corrected chi connectivity index (χ0v) is 14.5. The Kier molecular flexibility index (Phi) is 4.97. The highest BCUT2D eigenvalue weighted by molar-refractivity contribution is 5.95. The van der Waals surface area contributed by atoms with Crippen molar-refractivity contribution in [3.8, 4) is 0 Å². The number of anilines is 1. The van der Waals surface area contributed by atoms with Crippen LogP contribution >= 0.6 is 0 Å². The van der Waals surface area contributed by atoms with E-state index in [1.165, 1.54) is 29.2 Å². The fourth-order valence-corrected chi connectivity index (χ4v) is 2.82. The Morgan fingerprint density at radius 2 is 1.73 bits per heavy atom. The molecule has 2 aromatic rings. The zero-order chi connectivity index (χ0) is 18.7. The summed E-state index contributed by atoms with van der Waals surface area (Å²) in [4.78, 5) is 43.9. The van der Waals surface area contributed by atoms with Crippen LogP contribution in [-0.4, -0.2) is 62.6 Å². The normalized spacial score (nSPS) is 14.3. The minimum absolute atomic E-state index is 0.158. The molecule has 0 aromatic carbocycles. The Morgan fingerprint density at radius 3 is 2.35 bits per heavy atom. The van der Waals surface area contributed by atoms with E-state index < -0.39 is 0 Å². The number of pyridine rings is 1. The van der Waals surface area contributed by atoms with E-state index >= 15 is 0 Å². The molecule has 0 unspecified atom stereocenters. The van der Waals surface area contributed by atoms with Crippen LogP contribution in [0, 0.1) is 0 Å². The predicted molar refractivity (Wildman–Crippen MR) is 94.6 cm³/mol. The maximum Gasteiger partial charge on any atom is 0.274 e. The van der Waals surface area contributed by atoms with Crippen molar-refractivity contribution in [1.82, 2.24) is 24.6 Å². The van der Waals surface area contributed by atoms with E-state index in [9.17, 15) is 14.4 Å². The monoisotopic (exact) mass is 356 g/mol. The van der Waals surface area contributed by atoms with Crippen molar-refractivity contribution in [2.45, 2.75) is 13.5 Å². The van der Waals surface area contributed by atoms with Crippen LogP contribution in [0.5, 0.6) is 0 Å². The van der Waals surface area contributed by atoms with Crippen LogP contribution in [0.3, 0.4) is 0 Å². The number of nitrogens with two attached hydrogens (primary N) is 1. The molecule has 0 aliphatic carbocycles. The van der Waals surface area contributed by atoms with Gasteiger partial charge in [-0.2, -0.15) is 5.10 Å². The van der Waals surface area contributed by atoms with Crippen molar-refractivity contribution >= 4 is 17.5 Å². The smallest absolute Gasteiger partial charge is 0.274 e. The first-order chi connectivity index (χ1) is 12.5. The first kappa shape index (κ1) is 17.6. The number of carbonyl (C=O) groups excluding carboxylic acids is 2. The van der Waals surface area contributed by atoms with Crippen molar-refractivity contribution in [2.24, 2.45) is 0 Å². The highest BCUT2D eigenvalue weighted by Crippen LogP contribution is 2.12. The lowest BCUT2D eigenvalue weighted by molar-refractivity contribution is 0.0530. The van der Waals surface area contributed by atoms with Gasteiger partial charge < -0.3 is 15.5 Å². The van der Waals surface area contributed by atoms with Crippen LogP contribution in [0.2, 0.25) is 0 Å². The largest absolute Gasteiger partial charge is 0.397 e. The predicted octanol–water partition coefficient (Wildman–Crippen LogP) is -0.161. The quantitative estimate of drug-likeness (QED) is 0.817. The number of piperazine rings is 1. The molecule has 9 nitrogen and oxygen atoms in total. The van der Waals surface area contributed by atoms with Gasteiger partial charge in [0.1, 0.15) is 5.69 Å². The van der Waals surface area contributed by atoms with Crippen molar-refractivity contribution in [3.05, 3.63) is 52.2 Å². The van der Waals surface area contributed by atoms with E-state index in [0.29, 0.717) is 44.0 Å². The first-order valence-corrected chi connectivity index (χ1v) is 8.37. The Balaban J connectivity index is 1.65. The molecule has 0 radical (unpaired) electrons. The Labute approximate surface area is 150 Å². The lowest BCUT2D eigenvalue weighted by Crippen LogP contribution is -2.51. The van der Waals surface area contributed by atoms with Gasteiger partial charge in [-0.1, -0.05) is 0 Å². The highest BCUT2D eigenvalue weighted by Gasteiger charge is 2.26. The molecule has 3 rings (SSSR count). The second-order valence-corrected chi connectivity index (χ2v) is 5.96. The van der Waals surface area contributed by atoms with E-state index in [1.54, 1.807) is 22.8 Å². The Hall–Kier alpha value is -3.23. The number of aromatic nitrogens is 3. The van der Waals surface area contributed by atoms with Gasteiger partial charge in [0.15, 0.2) is 0 Å². The molecule has 2 aromatic heterocycles. The number of nitrogen functional groups attached to an aromatic ring is 1. The molecule has 1 fully saturated rings. The maximum atomic E-state index is 12.6. The lowest BCUT2D eigenvalue weighted by Gasteiger charge is -2.34. The molecule has 1 aliphatic heterocycles. The number of carbonyl (C=O) groups is 2. The van der Waals surface area contributed by atoms with Gasteiger partial charge in [-0.15, -0.1) is 0 Å². The molecule has 1 aliphatic rings. The molecule has 136 valence electrons. The van der Waals surface area contributed by atoms with Crippen LogP contribution in [0.1, 0.15) is 27.8 Å². The average molecular weight is 356 g/mol. The van der Waals surface area contributed by atoms with Crippen molar-refractivity contribution < 1.29 is 9.59 Å². The number of hydrogen-bond donors (Lipinski definition) is 1. The molecule has 0 saturated carbocycles. The van der Waals surface area contributed by atoms with Gasteiger partial charge in [0, 0.05) is 51.2 Å². The second-order valence-electron chi connectivity index (χ2n) is 5.96. The minimum Gasteiger partial charge on any atom is -0.397 e. The van der Waals surface area contributed by atoms with Gasteiger partial charge in [0.05, 0.1) is 11.3 Å². The summed E-state index contributed by atoms with van der Waals surface area (Å²) in [5, 5.41) is 4.09. The van der Waals surface area contributed by atoms with Gasteiger partial charge in [0.25, 0.3) is 17.4 Å². The van der Waals surface area contributed by atoms with E-state index in [-0.39, 0.29) is 23.1 Å². The number of rotatable bonds is 3. The van der Waals surface area contributed by atoms with E-state index in [4.69, 9.17) is 5.73 Å². The molecule has 3 heterocycles. The van der Waals surface area contributed by atoms with Crippen molar-refractivity contribution in [2.75, 3.05) is 31.9 Å². The average Bonchev–Trinajstić information content (AvgIpc) is 2.67. The van der Waals surface area contributed by atoms with Crippen molar-refractivity contribution in [1.29, 1.82) is 0 Å². The summed E-state index contributed by atoms with van der Waals surface area (Å²) < 4.78 is 1.25. The van der Waals surface area contributed by atoms with Gasteiger partial charge in [0.2, 0.25) is 0 Å². The van der Waals surface area contributed by atoms with Crippen molar-refractivity contribution in [3.63, 3.8) is 0 Å². The number of amides is 2. The van der Waals surface area contributed by atoms with Gasteiger partial charge in [-0.05, 0) is 19.1 Å². The Morgan fingerprint density at radius 1 is 1.08 bits per heavy atom. The van der Waals surface area contributed by atoms with E-state index in [0.717, 1.165) is 0 Å². The molecule has 0 spiro atoms. The van der Waals surface area contributed by atoms with Crippen LogP contribution in [0.15, 0.2) is 35.4 Å². The topological polar surface area (TPSA) is 114 Å². The summed E-state index contributed by atoms with van der Waals surface area (Å²) in [6.45, 7) is 3.80. The molecular formula is C17H20N6O3. The third-order valence-electron chi connectivity index (χ3n) is 4.25. The highest BCUT2D eigenvalue weighted by atomic mass is 16.2. The summed E-state index contributed by atoms with van der Waals surface area (Å²) in [6, 6.07) is 4.37. The van der Waals surface area contributed by atoms with Gasteiger partial charge >= 0.3 is 0 Å². The summed E-state index contributed by atoms with van der Waals surface area (Å²) in [5.74, 6) is -0.403. The zero-order valence-electron chi connectivity index (χ0n) is 14.5. The Bertz CT molecular complexity index is 886. The van der Waals surface area contributed by atoms with Crippen LogP contribution < -0.4 is 11.3 Å². The molecule has 2 amide bonds. The molecular weight excluding hydrogens is 336 g/mol. The maximum absolute atomic E-state index is 12.6. The number of hydrogen-bond acceptors (Lipinski definition) is 6. The second kappa shape index (κ2) is 7.34. The molecule has 0 atom stereocenters. The molecule has 26 heavy (non-hydrogen) atoms. The van der Waals surface area contributed by atoms with Crippen LogP contribution in [0.25, 0.3) is 0 Å². The third-order valence-corrected chi connectivity index (χ3v) is 4.25. The lowest BCUT2D eigenvalue weighted by atomic mass is 10.2. The summed E-state index contributed by atoms with van der Waals surface area (Å²) in [5.41, 5.74) is 6.52.